The third-order valence-corrected chi connectivity index (χ3v) is 4.28. The largest absolute Gasteiger partial charge is 0.573 e. The Balaban J connectivity index is 1.96. The first kappa shape index (κ1) is 16.1. The van der Waals surface area contributed by atoms with E-state index in [0.717, 1.165) is 5.56 Å². The van der Waals surface area contributed by atoms with Gasteiger partial charge in [0.1, 0.15) is 5.75 Å². The van der Waals surface area contributed by atoms with Crippen LogP contribution in [0.5, 0.6) is 5.75 Å². The molecule has 2 rings (SSSR count). The van der Waals surface area contributed by atoms with E-state index in [2.05, 4.69) is 10.1 Å². The standard InChI is InChI=1S/C15H20F3NO2/c1-9(19-12-8-13(20)14(12,2)3)10-4-6-11(7-5-10)21-15(16,17)18/h4-7,9,12-13,19-20H,8H2,1-3H3. The van der Waals surface area contributed by atoms with Gasteiger partial charge in [0.25, 0.3) is 0 Å². The molecule has 0 saturated heterocycles. The Labute approximate surface area is 122 Å². The molecular formula is C15H20F3NO2. The van der Waals surface area contributed by atoms with E-state index in [1.807, 2.05) is 20.8 Å². The summed E-state index contributed by atoms with van der Waals surface area (Å²) in [4.78, 5) is 0. The second-order valence-electron chi connectivity index (χ2n) is 6.13. The third-order valence-electron chi connectivity index (χ3n) is 4.28. The van der Waals surface area contributed by atoms with Gasteiger partial charge in [0.15, 0.2) is 0 Å². The number of ether oxygens (including phenoxy) is 1. The molecule has 1 aromatic rings. The maximum Gasteiger partial charge on any atom is 0.573 e. The maximum atomic E-state index is 12.1. The van der Waals surface area contributed by atoms with Crippen molar-refractivity contribution in [1.82, 2.24) is 5.32 Å². The highest BCUT2D eigenvalue weighted by atomic mass is 19.4. The van der Waals surface area contributed by atoms with Crippen LogP contribution in [0.4, 0.5) is 13.2 Å². The third kappa shape index (κ3) is 3.68. The molecular weight excluding hydrogens is 283 g/mol. The molecule has 2 N–H and O–H groups in total. The Morgan fingerprint density at radius 1 is 1.29 bits per heavy atom. The predicted molar refractivity (Wildman–Crippen MR) is 72.9 cm³/mol. The van der Waals surface area contributed by atoms with E-state index in [1.165, 1.54) is 12.1 Å². The molecule has 0 amide bonds. The lowest BCUT2D eigenvalue weighted by atomic mass is 9.64. The van der Waals surface area contributed by atoms with Gasteiger partial charge in [-0.05, 0) is 31.0 Å². The molecule has 3 atom stereocenters. The van der Waals surface area contributed by atoms with Crippen LogP contribution in [0.25, 0.3) is 0 Å². The molecule has 3 unspecified atom stereocenters. The van der Waals surface area contributed by atoms with Crippen molar-refractivity contribution in [2.45, 2.75) is 51.7 Å². The summed E-state index contributed by atoms with van der Waals surface area (Å²) in [5.74, 6) is -0.224. The van der Waals surface area contributed by atoms with Crippen molar-refractivity contribution in [3.63, 3.8) is 0 Å². The summed E-state index contributed by atoms with van der Waals surface area (Å²) in [5, 5.41) is 13.1. The number of nitrogens with one attached hydrogen (secondary N) is 1. The molecule has 0 bridgehead atoms. The number of alkyl halides is 3. The van der Waals surface area contributed by atoms with Gasteiger partial charge in [-0.15, -0.1) is 13.2 Å². The molecule has 0 aromatic heterocycles. The SMILES string of the molecule is CC(NC1CC(O)C1(C)C)c1ccc(OC(F)(F)F)cc1. The first-order chi connectivity index (χ1) is 9.59. The first-order valence-corrected chi connectivity index (χ1v) is 6.89. The molecule has 0 spiro atoms. The van der Waals surface area contributed by atoms with Crippen molar-refractivity contribution in [2.75, 3.05) is 0 Å². The number of rotatable bonds is 4. The van der Waals surface area contributed by atoms with E-state index in [4.69, 9.17) is 0 Å². The summed E-state index contributed by atoms with van der Waals surface area (Å²) < 4.78 is 40.1. The van der Waals surface area contributed by atoms with Gasteiger partial charge in [-0.1, -0.05) is 26.0 Å². The molecule has 1 aliphatic rings. The van der Waals surface area contributed by atoms with Crippen molar-refractivity contribution in [1.29, 1.82) is 0 Å². The quantitative estimate of drug-likeness (QED) is 0.896. The van der Waals surface area contributed by atoms with Gasteiger partial charge in [-0.2, -0.15) is 0 Å². The van der Waals surface area contributed by atoms with E-state index >= 15 is 0 Å². The molecule has 1 aliphatic carbocycles. The Kier molecular flexibility index (Phi) is 4.22. The molecule has 0 heterocycles. The van der Waals surface area contributed by atoms with Crippen LogP contribution in [0.2, 0.25) is 0 Å². The minimum Gasteiger partial charge on any atom is -0.406 e. The highest BCUT2D eigenvalue weighted by Gasteiger charge is 2.47. The molecule has 1 aromatic carbocycles. The van der Waals surface area contributed by atoms with Crippen LogP contribution in [0.15, 0.2) is 24.3 Å². The van der Waals surface area contributed by atoms with E-state index in [-0.39, 0.29) is 29.4 Å². The molecule has 0 radical (unpaired) electrons. The van der Waals surface area contributed by atoms with Crippen molar-refractivity contribution >= 4 is 0 Å². The van der Waals surface area contributed by atoms with Gasteiger partial charge in [0.05, 0.1) is 6.10 Å². The van der Waals surface area contributed by atoms with Gasteiger partial charge in [-0.25, -0.2) is 0 Å². The first-order valence-electron chi connectivity index (χ1n) is 6.89. The van der Waals surface area contributed by atoms with Crippen molar-refractivity contribution in [3.8, 4) is 5.75 Å². The number of benzene rings is 1. The van der Waals surface area contributed by atoms with Gasteiger partial charge >= 0.3 is 6.36 Å². The zero-order valence-electron chi connectivity index (χ0n) is 12.2. The highest BCUT2D eigenvalue weighted by molar-refractivity contribution is 5.29. The van der Waals surface area contributed by atoms with Crippen LogP contribution in [0.3, 0.4) is 0 Å². The zero-order chi connectivity index (χ0) is 15.8. The average molecular weight is 303 g/mol. The lowest BCUT2D eigenvalue weighted by molar-refractivity contribution is -0.274. The summed E-state index contributed by atoms with van der Waals surface area (Å²) in [6.07, 6.45) is -4.30. The van der Waals surface area contributed by atoms with Gasteiger partial charge < -0.3 is 15.2 Å². The summed E-state index contributed by atoms with van der Waals surface area (Å²) >= 11 is 0. The van der Waals surface area contributed by atoms with Crippen LogP contribution in [-0.2, 0) is 0 Å². The minimum absolute atomic E-state index is 0.0123. The fourth-order valence-electron chi connectivity index (χ4n) is 2.54. The normalized spacial score (nSPS) is 26.0. The van der Waals surface area contributed by atoms with Crippen LogP contribution in [0.1, 0.15) is 38.8 Å². The summed E-state index contributed by atoms with van der Waals surface area (Å²) in [5.41, 5.74) is 0.690. The van der Waals surface area contributed by atoms with E-state index in [0.29, 0.717) is 6.42 Å². The fraction of sp³-hybridized carbons (Fsp3) is 0.600. The van der Waals surface area contributed by atoms with Crippen LogP contribution < -0.4 is 10.1 Å². The number of hydrogen-bond donors (Lipinski definition) is 2. The molecule has 118 valence electrons. The van der Waals surface area contributed by atoms with Crippen LogP contribution >= 0.6 is 0 Å². The fourth-order valence-corrected chi connectivity index (χ4v) is 2.54. The summed E-state index contributed by atoms with van der Waals surface area (Å²) in [7, 11) is 0. The summed E-state index contributed by atoms with van der Waals surface area (Å²) in [6.45, 7) is 5.93. The van der Waals surface area contributed by atoms with Gasteiger partial charge in [-0.3, -0.25) is 0 Å². The molecule has 3 nitrogen and oxygen atoms in total. The second kappa shape index (κ2) is 5.50. The monoisotopic (exact) mass is 303 g/mol. The summed E-state index contributed by atoms with van der Waals surface area (Å²) in [6, 6.07) is 6.01. The highest BCUT2D eigenvalue weighted by Crippen LogP contribution is 2.41. The van der Waals surface area contributed by atoms with E-state index < -0.39 is 6.36 Å². The number of halogens is 3. The average Bonchev–Trinajstić information content (AvgIpc) is 2.37. The number of hydrogen-bond acceptors (Lipinski definition) is 3. The van der Waals surface area contributed by atoms with Gasteiger partial charge in [0, 0.05) is 17.5 Å². The molecule has 6 heteroatoms. The van der Waals surface area contributed by atoms with Crippen molar-refractivity contribution in [2.24, 2.45) is 5.41 Å². The topological polar surface area (TPSA) is 41.5 Å². The van der Waals surface area contributed by atoms with Crippen molar-refractivity contribution < 1.29 is 23.0 Å². The minimum atomic E-state index is -4.67. The molecule has 21 heavy (non-hydrogen) atoms. The lowest BCUT2D eigenvalue weighted by Crippen LogP contribution is -2.60. The van der Waals surface area contributed by atoms with E-state index in [1.54, 1.807) is 12.1 Å². The Morgan fingerprint density at radius 2 is 1.86 bits per heavy atom. The Hall–Kier alpha value is -1.27. The van der Waals surface area contributed by atoms with Gasteiger partial charge in [0.2, 0.25) is 0 Å². The van der Waals surface area contributed by atoms with E-state index in [9.17, 15) is 18.3 Å². The van der Waals surface area contributed by atoms with Crippen LogP contribution in [0, 0.1) is 5.41 Å². The molecule has 0 aliphatic heterocycles. The smallest absolute Gasteiger partial charge is 0.406 e. The zero-order valence-corrected chi connectivity index (χ0v) is 12.2. The second-order valence-corrected chi connectivity index (χ2v) is 6.13. The molecule has 1 fully saturated rings. The lowest BCUT2D eigenvalue weighted by Gasteiger charge is -2.50. The van der Waals surface area contributed by atoms with Crippen molar-refractivity contribution in [3.05, 3.63) is 29.8 Å². The maximum absolute atomic E-state index is 12.1. The predicted octanol–water partition coefficient (Wildman–Crippen LogP) is 3.40. The molecule has 1 saturated carbocycles. The number of aliphatic hydroxyl groups excluding tert-OH is 1. The number of aliphatic hydroxyl groups is 1. The van der Waals surface area contributed by atoms with Crippen LogP contribution in [-0.4, -0.2) is 23.6 Å². The Morgan fingerprint density at radius 3 is 2.29 bits per heavy atom. The Bertz CT molecular complexity index is 485.